The lowest BCUT2D eigenvalue weighted by molar-refractivity contribution is -0.136. The highest BCUT2D eigenvalue weighted by Gasteiger charge is 2.05. The molecule has 5 heteroatoms. The number of aryl methyl sites for hydroxylation is 1. The van der Waals surface area contributed by atoms with Crippen LogP contribution in [0.3, 0.4) is 0 Å². The van der Waals surface area contributed by atoms with Gasteiger partial charge in [-0.25, -0.2) is 9.78 Å². The van der Waals surface area contributed by atoms with E-state index in [4.69, 9.17) is 5.73 Å². The minimum atomic E-state index is -0.553. The summed E-state index contributed by atoms with van der Waals surface area (Å²) in [6.45, 7) is 0. The number of aromatic nitrogens is 2. The zero-order valence-electron chi connectivity index (χ0n) is 7.52. The Morgan fingerprint density at radius 2 is 2.46 bits per heavy atom. The van der Waals surface area contributed by atoms with Crippen LogP contribution in [0.2, 0.25) is 0 Å². The smallest absolute Gasteiger partial charge is 0.354 e. The number of rotatable bonds is 2. The largest absolute Gasteiger partial charge is 0.464 e. The lowest BCUT2D eigenvalue weighted by atomic mass is 10.4. The molecule has 70 valence electrons. The summed E-state index contributed by atoms with van der Waals surface area (Å²) in [6.07, 6.45) is 4.85. The summed E-state index contributed by atoms with van der Waals surface area (Å²) in [5.41, 5.74) is 5.46. The van der Waals surface area contributed by atoms with Crippen LogP contribution in [0.1, 0.15) is 5.82 Å². The van der Waals surface area contributed by atoms with Gasteiger partial charge in [-0.1, -0.05) is 0 Å². The molecule has 1 heterocycles. The molecule has 0 atom stereocenters. The molecule has 1 aromatic rings. The molecule has 2 N–H and O–H groups in total. The molecule has 0 aliphatic rings. The fraction of sp³-hybridized carbons (Fsp3) is 0.250. The average Bonchev–Trinajstić information content (AvgIpc) is 2.50. The molecule has 0 saturated heterocycles. The van der Waals surface area contributed by atoms with Crippen molar-refractivity contribution in [1.82, 2.24) is 9.55 Å². The lowest BCUT2D eigenvalue weighted by Crippen LogP contribution is -2.13. The van der Waals surface area contributed by atoms with Crippen molar-refractivity contribution in [1.29, 1.82) is 0 Å². The Bertz CT molecular complexity index is 341. The third-order valence-electron chi connectivity index (χ3n) is 1.56. The van der Waals surface area contributed by atoms with Gasteiger partial charge in [0, 0.05) is 25.5 Å². The Labute approximate surface area is 75.8 Å². The number of methoxy groups -OCH3 is 1. The van der Waals surface area contributed by atoms with Crippen LogP contribution in [0.5, 0.6) is 0 Å². The van der Waals surface area contributed by atoms with Crippen LogP contribution in [0.4, 0.5) is 0 Å². The van der Waals surface area contributed by atoms with Gasteiger partial charge in [-0.3, -0.25) is 0 Å². The first-order valence-electron chi connectivity index (χ1n) is 3.68. The number of nitrogens with zero attached hydrogens (tertiary/aromatic N) is 2. The average molecular weight is 181 g/mol. The van der Waals surface area contributed by atoms with Crippen molar-refractivity contribution in [2.75, 3.05) is 7.11 Å². The van der Waals surface area contributed by atoms with Crippen molar-refractivity contribution in [2.24, 2.45) is 12.8 Å². The van der Waals surface area contributed by atoms with Crippen LogP contribution in [0.15, 0.2) is 18.1 Å². The van der Waals surface area contributed by atoms with E-state index < -0.39 is 5.97 Å². The highest BCUT2D eigenvalue weighted by molar-refractivity contribution is 5.91. The van der Waals surface area contributed by atoms with E-state index in [-0.39, 0.29) is 5.70 Å². The summed E-state index contributed by atoms with van der Waals surface area (Å²) in [5, 5.41) is 0. The summed E-state index contributed by atoms with van der Waals surface area (Å²) in [7, 11) is 3.09. The van der Waals surface area contributed by atoms with E-state index >= 15 is 0 Å². The zero-order valence-corrected chi connectivity index (χ0v) is 7.52. The summed E-state index contributed by atoms with van der Waals surface area (Å²) < 4.78 is 6.18. The van der Waals surface area contributed by atoms with Crippen molar-refractivity contribution in [2.45, 2.75) is 0 Å². The second-order valence-corrected chi connectivity index (χ2v) is 2.49. The van der Waals surface area contributed by atoms with E-state index in [0.717, 1.165) is 0 Å². The number of ether oxygens (including phenoxy) is 1. The van der Waals surface area contributed by atoms with E-state index in [9.17, 15) is 4.79 Å². The first-order chi connectivity index (χ1) is 6.15. The molecule has 1 rings (SSSR count). The highest BCUT2D eigenvalue weighted by atomic mass is 16.5. The topological polar surface area (TPSA) is 70.1 Å². The summed E-state index contributed by atoms with van der Waals surface area (Å²) >= 11 is 0. The van der Waals surface area contributed by atoms with Crippen molar-refractivity contribution >= 4 is 12.0 Å². The van der Waals surface area contributed by atoms with E-state index in [1.807, 2.05) is 7.05 Å². The molecule has 0 radical (unpaired) electrons. The van der Waals surface area contributed by atoms with Crippen LogP contribution in [-0.4, -0.2) is 22.6 Å². The molecule has 0 amide bonds. The normalized spacial score (nSPS) is 11.4. The van der Waals surface area contributed by atoms with Gasteiger partial charge < -0.3 is 15.0 Å². The second kappa shape index (κ2) is 3.75. The monoisotopic (exact) mass is 181 g/mol. The van der Waals surface area contributed by atoms with Crippen LogP contribution < -0.4 is 5.73 Å². The number of carbonyl (C=O) groups is 1. The summed E-state index contributed by atoms with van der Waals surface area (Å²) in [4.78, 5) is 14.9. The van der Waals surface area contributed by atoms with Crippen molar-refractivity contribution < 1.29 is 9.53 Å². The third kappa shape index (κ3) is 2.08. The Balaban J connectivity index is 2.88. The molecule has 0 saturated carbocycles. The van der Waals surface area contributed by atoms with Gasteiger partial charge in [0.15, 0.2) is 0 Å². The Morgan fingerprint density at radius 1 is 1.77 bits per heavy atom. The number of hydrogen-bond donors (Lipinski definition) is 1. The van der Waals surface area contributed by atoms with Gasteiger partial charge in [0.25, 0.3) is 0 Å². The van der Waals surface area contributed by atoms with Crippen LogP contribution >= 0.6 is 0 Å². The van der Waals surface area contributed by atoms with E-state index in [2.05, 4.69) is 9.72 Å². The Hall–Kier alpha value is -1.78. The minimum absolute atomic E-state index is 0.0387. The van der Waals surface area contributed by atoms with Crippen molar-refractivity contribution in [3.63, 3.8) is 0 Å². The van der Waals surface area contributed by atoms with Gasteiger partial charge in [-0.05, 0) is 0 Å². The van der Waals surface area contributed by atoms with Crippen molar-refractivity contribution in [3.05, 3.63) is 23.9 Å². The van der Waals surface area contributed by atoms with E-state index in [1.54, 1.807) is 17.0 Å². The molecular weight excluding hydrogens is 170 g/mol. The van der Waals surface area contributed by atoms with Crippen LogP contribution in [0.25, 0.3) is 6.08 Å². The molecule has 0 fully saturated rings. The minimum Gasteiger partial charge on any atom is -0.464 e. The van der Waals surface area contributed by atoms with Gasteiger partial charge >= 0.3 is 5.97 Å². The summed E-state index contributed by atoms with van der Waals surface area (Å²) in [6, 6.07) is 0. The second-order valence-electron chi connectivity index (χ2n) is 2.49. The zero-order chi connectivity index (χ0) is 9.84. The molecule has 0 aliphatic carbocycles. The number of imidazole rings is 1. The lowest BCUT2D eigenvalue weighted by Gasteiger charge is -1.98. The molecule has 0 bridgehead atoms. The first-order valence-corrected chi connectivity index (χ1v) is 3.68. The number of hydrogen-bond acceptors (Lipinski definition) is 4. The maximum atomic E-state index is 10.9. The van der Waals surface area contributed by atoms with Gasteiger partial charge in [0.05, 0.1) is 7.11 Å². The van der Waals surface area contributed by atoms with Crippen LogP contribution in [0, 0.1) is 0 Å². The fourth-order valence-corrected chi connectivity index (χ4v) is 0.832. The number of nitrogens with two attached hydrogens (primary N) is 1. The molecule has 13 heavy (non-hydrogen) atoms. The number of carbonyl (C=O) groups excluding carboxylic acids is 1. The molecule has 5 nitrogen and oxygen atoms in total. The maximum Gasteiger partial charge on any atom is 0.354 e. The highest BCUT2D eigenvalue weighted by Crippen LogP contribution is 2.00. The fourth-order valence-electron chi connectivity index (χ4n) is 0.832. The molecule has 0 aliphatic heterocycles. The first kappa shape index (κ1) is 9.31. The molecule has 1 aromatic heterocycles. The predicted molar refractivity (Wildman–Crippen MR) is 47.4 cm³/mol. The van der Waals surface area contributed by atoms with E-state index in [0.29, 0.717) is 5.82 Å². The Morgan fingerprint density at radius 3 is 2.92 bits per heavy atom. The Kier molecular flexibility index (Phi) is 2.69. The predicted octanol–water partition coefficient (Wildman–Crippen LogP) is -0.107. The molecule has 0 unspecified atom stereocenters. The maximum absolute atomic E-state index is 10.9. The van der Waals surface area contributed by atoms with Gasteiger partial charge in [-0.15, -0.1) is 0 Å². The van der Waals surface area contributed by atoms with E-state index in [1.165, 1.54) is 13.2 Å². The number of esters is 1. The van der Waals surface area contributed by atoms with Crippen LogP contribution in [-0.2, 0) is 16.6 Å². The van der Waals surface area contributed by atoms with Gasteiger partial charge in [0.2, 0.25) is 0 Å². The van der Waals surface area contributed by atoms with Gasteiger partial charge in [-0.2, -0.15) is 0 Å². The van der Waals surface area contributed by atoms with Crippen molar-refractivity contribution in [3.8, 4) is 0 Å². The standard InChI is InChI=1S/C8H11N3O2/c1-11-4-3-10-7(11)5-6(9)8(12)13-2/h3-5H,9H2,1-2H3/b6-5-. The van der Waals surface area contributed by atoms with Gasteiger partial charge in [0.1, 0.15) is 11.5 Å². The quantitative estimate of drug-likeness (QED) is 0.510. The summed E-state index contributed by atoms with van der Waals surface area (Å²) in [5.74, 6) is 0.0610. The molecule has 0 spiro atoms. The SMILES string of the molecule is COC(=O)/C(N)=C/c1nccn1C. The third-order valence-corrected chi connectivity index (χ3v) is 1.56. The molecular formula is C8H11N3O2. The molecule has 0 aromatic carbocycles.